The van der Waals surface area contributed by atoms with Crippen LogP contribution in [0, 0.1) is 17.0 Å². The first-order chi connectivity index (χ1) is 9.89. The molecule has 0 aliphatic heterocycles. The maximum absolute atomic E-state index is 13.7. The fourth-order valence-electron chi connectivity index (χ4n) is 2.30. The average Bonchev–Trinajstić information content (AvgIpc) is 2.43. The summed E-state index contributed by atoms with van der Waals surface area (Å²) in [6.07, 6.45) is 0. The van der Waals surface area contributed by atoms with Gasteiger partial charge in [0.2, 0.25) is 5.82 Å². The zero-order chi connectivity index (χ0) is 15.5. The average molecular weight is 290 g/mol. The molecule has 21 heavy (non-hydrogen) atoms. The molecule has 2 rings (SSSR count). The van der Waals surface area contributed by atoms with E-state index in [1.165, 1.54) is 12.1 Å². The standard InChI is InChI=1S/C18H20F2O/c1-18(2,3)14(13-8-5-4-6-9-13)12-21-16-11-7-10-15(19)17(16)20/h4-11,14H,12H2,1-3H3. The van der Waals surface area contributed by atoms with E-state index in [9.17, 15) is 8.78 Å². The van der Waals surface area contributed by atoms with Crippen molar-refractivity contribution in [3.63, 3.8) is 0 Å². The first-order valence-electron chi connectivity index (χ1n) is 7.01. The van der Waals surface area contributed by atoms with Gasteiger partial charge in [-0.05, 0) is 23.1 Å². The minimum Gasteiger partial charge on any atom is -0.490 e. The summed E-state index contributed by atoms with van der Waals surface area (Å²) < 4.78 is 32.4. The van der Waals surface area contributed by atoms with Gasteiger partial charge in [-0.2, -0.15) is 4.39 Å². The molecule has 0 aliphatic rings. The van der Waals surface area contributed by atoms with Crippen LogP contribution in [0.25, 0.3) is 0 Å². The minimum atomic E-state index is -0.932. The van der Waals surface area contributed by atoms with Crippen LogP contribution in [0.15, 0.2) is 48.5 Å². The van der Waals surface area contributed by atoms with E-state index in [0.29, 0.717) is 6.61 Å². The molecule has 0 saturated carbocycles. The fraction of sp³-hybridized carbons (Fsp3) is 0.333. The summed E-state index contributed by atoms with van der Waals surface area (Å²) in [5.74, 6) is -1.78. The molecule has 0 heterocycles. The Labute approximate surface area is 124 Å². The van der Waals surface area contributed by atoms with E-state index in [4.69, 9.17) is 4.74 Å². The maximum Gasteiger partial charge on any atom is 0.200 e. The van der Waals surface area contributed by atoms with Gasteiger partial charge in [-0.1, -0.05) is 57.2 Å². The lowest BCUT2D eigenvalue weighted by atomic mass is 9.77. The van der Waals surface area contributed by atoms with Gasteiger partial charge in [0, 0.05) is 5.92 Å². The van der Waals surface area contributed by atoms with Crippen molar-refractivity contribution in [1.82, 2.24) is 0 Å². The van der Waals surface area contributed by atoms with Gasteiger partial charge in [-0.15, -0.1) is 0 Å². The van der Waals surface area contributed by atoms with Crippen LogP contribution in [0.4, 0.5) is 8.78 Å². The Morgan fingerprint density at radius 3 is 2.24 bits per heavy atom. The van der Waals surface area contributed by atoms with E-state index in [0.717, 1.165) is 11.6 Å². The summed E-state index contributed by atoms with van der Waals surface area (Å²) >= 11 is 0. The van der Waals surface area contributed by atoms with E-state index in [-0.39, 0.29) is 17.1 Å². The molecule has 0 fully saturated rings. The van der Waals surface area contributed by atoms with Crippen LogP contribution in [-0.4, -0.2) is 6.61 Å². The van der Waals surface area contributed by atoms with Gasteiger partial charge < -0.3 is 4.74 Å². The second-order valence-corrected chi connectivity index (χ2v) is 6.19. The predicted molar refractivity (Wildman–Crippen MR) is 80.5 cm³/mol. The molecule has 112 valence electrons. The molecule has 1 unspecified atom stereocenters. The SMILES string of the molecule is CC(C)(C)C(COc1cccc(F)c1F)c1ccccc1. The Kier molecular flexibility index (Phi) is 4.61. The Balaban J connectivity index is 2.19. The predicted octanol–water partition coefficient (Wildman–Crippen LogP) is 5.17. The lowest BCUT2D eigenvalue weighted by molar-refractivity contribution is 0.196. The molecule has 2 aromatic rings. The topological polar surface area (TPSA) is 9.23 Å². The summed E-state index contributed by atoms with van der Waals surface area (Å²) in [6.45, 7) is 6.62. The van der Waals surface area contributed by atoms with Crippen molar-refractivity contribution in [3.05, 3.63) is 65.7 Å². The quantitative estimate of drug-likeness (QED) is 0.754. The first-order valence-corrected chi connectivity index (χ1v) is 7.01. The van der Waals surface area contributed by atoms with Crippen LogP contribution in [0.1, 0.15) is 32.3 Å². The highest BCUT2D eigenvalue weighted by molar-refractivity contribution is 5.26. The van der Waals surface area contributed by atoms with E-state index in [1.54, 1.807) is 0 Å². The second-order valence-electron chi connectivity index (χ2n) is 6.19. The lowest BCUT2D eigenvalue weighted by Crippen LogP contribution is -2.24. The highest BCUT2D eigenvalue weighted by Crippen LogP contribution is 2.35. The number of rotatable bonds is 4. The van der Waals surface area contributed by atoms with Gasteiger partial charge in [0.15, 0.2) is 11.6 Å². The maximum atomic E-state index is 13.7. The van der Waals surface area contributed by atoms with Gasteiger partial charge in [0.1, 0.15) is 0 Å². The molecule has 0 saturated heterocycles. The molecular weight excluding hydrogens is 270 g/mol. The van der Waals surface area contributed by atoms with Gasteiger partial charge in [0.05, 0.1) is 6.61 Å². The van der Waals surface area contributed by atoms with E-state index in [1.807, 2.05) is 30.3 Å². The van der Waals surface area contributed by atoms with Gasteiger partial charge in [0.25, 0.3) is 0 Å². The Morgan fingerprint density at radius 2 is 1.62 bits per heavy atom. The Bertz CT molecular complexity index is 588. The highest BCUT2D eigenvalue weighted by atomic mass is 19.2. The molecule has 2 aromatic carbocycles. The van der Waals surface area contributed by atoms with E-state index >= 15 is 0 Å². The number of benzene rings is 2. The van der Waals surface area contributed by atoms with Crippen molar-refractivity contribution in [1.29, 1.82) is 0 Å². The molecule has 0 aromatic heterocycles. The molecule has 1 nitrogen and oxygen atoms in total. The number of ether oxygens (including phenoxy) is 1. The molecule has 0 spiro atoms. The zero-order valence-electron chi connectivity index (χ0n) is 12.6. The van der Waals surface area contributed by atoms with Crippen LogP contribution >= 0.6 is 0 Å². The molecule has 0 N–H and O–H groups in total. The van der Waals surface area contributed by atoms with Crippen molar-refractivity contribution in [2.75, 3.05) is 6.61 Å². The van der Waals surface area contributed by atoms with Crippen LogP contribution in [0.3, 0.4) is 0 Å². The Hall–Kier alpha value is -1.90. The molecule has 3 heteroatoms. The second kappa shape index (κ2) is 6.25. The molecular formula is C18H20F2O. The number of hydrogen-bond donors (Lipinski definition) is 0. The summed E-state index contributed by atoms with van der Waals surface area (Å²) in [4.78, 5) is 0. The zero-order valence-corrected chi connectivity index (χ0v) is 12.6. The molecule has 0 bridgehead atoms. The van der Waals surface area contributed by atoms with Crippen molar-refractivity contribution in [2.24, 2.45) is 5.41 Å². The first kappa shape index (κ1) is 15.5. The summed E-state index contributed by atoms with van der Waals surface area (Å²) in [7, 11) is 0. The van der Waals surface area contributed by atoms with Crippen molar-refractivity contribution >= 4 is 0 Å². The van der Waals surface area contributed by atoms with Crippen LogP contribution in [0.2, 0.25) is 0 Å². The van der Waals surface area contributed by atoms with Crippen molar-refractivity contribution < 1.29 is 13.5 Å². The smallest absolute Gasteiger partial charge is 0.200 e. The summed E-state index contributed by atoms with van der Waals surface area (Å²) in [6, 6.07) is 13.9. The van der Waals surface area contributed by atoms with Crippen molar-refractivity contribution in [3.8, 4) is 5.75 Å². The largest absolute Gasteiger partial charge is 0.490 e. The van der Waals surface area contributed by atoms with E-state index in [2.05, 4.69) is 20.8 Å². The molecule has 0 radical (unpaired) electrons. The third kappa shape index (κ3) is 3.81. The summed E-state index contributed by atoms with van der Waals surface area (Å²) in [5, 5.41) is 0. The monoisotopic (exact) mass is 290 g/mol. The molecule has 0 amide bonds. The van der Waals surface area contributed by atoms with Crippen LogP contribution < -0.4 is 4.74 Å². The van der Waals surface area contributed by atoms with E-state index < -0.39 is 11.6 Å². The van der Waals surface area contributed by atoms with Crippen LogP contribution in [-0.2, 0) is 0 Å². The van der Waals surface area contributed by atoms with Gasteiger partial charge in [-0.3, -0.25) is 0 Å². The third-order valence-corrected chi connectivity index (χ3v) is 3.57. The number of halogens is 2. The van der Waals surface area contributed by atoms with Gasteiger partial charge >= 0.3 is 0 Å². The van der Waals surface area contributed by atoms with Crippen molar-refractivity contribution in [2.45, 2.75) is 26.7 Å². The summed E-state index contributed by atoms with van der Waals surface area (Å²) in [5.41, 5.74) is 1.08. The third-order valence-electron chi connectivity index (χ3n) is 3.57. The minimum absolute atomic E-state index is 0.0415. The Morgan fingerprint density at radius 1 is 0.952 bits per heavy atom. The highest BCUT2D eigenvalue weighted by Gasteiger charge is 2.27. The normalized spacial score (nSPS) is 13.0. The fourth-order valence-corrected chi connectivity index (χ4v) is 2.30. The molecule has 1 atom stereocenters. The lowest BCUT2D eigenvalue weighted by Gasteiger charge is -2.31. The van der Waals surface area contributed by atoms with Crippen LogP contribution in [0.5, 0.6) is 5.75 Å². The number of hydrogen-bond acceptors (Lipinski definition) is 1. The molecule has 0 aliphatic carbocycles. The van der Waals surface area contributed by atoms with Gasteiger partial charge in [-0.25, -0.2) is 4.39 Å².